The molecule has 1 aromatic heterocycles. The van der Waals surface area contributed by atoms with Gasteiger partial charge in [-0.2, -0.15) is 4.37 Å². The Labute approximate surface area is 90.7 Å². The predicted octanol–water partition coefficient (Wildman–Crippen LogP) is 2.94. The molecule has 2 N–H and O–H groups in total. The van der Waals surface area contributed by atoms with Crippen LogP contribution in [0, 0.1) is 6.92 Å². The fourth-order valence-electron chi connectivity index (χ4n) is 1.70. The van der Waals surface area contributed by atoms with Gasteiger partial charge in [-0.05, 0) is 43.3 Å². The molecule has 0 aliphatic carbocycles. The molecule has 14 heavy (non-hydrogen) atoms. The van der Waals surface area contributed by atoms with Gasteiger partial charge < -0.3 is 5.73 Å². The lowest BCUT2D eigenvalue weighted by Gasteiger charge is -2.25. The summed E-state index contributed by atoms with van der Waals surface area (Å²) in [4.78, 5) is 1.28. The number of aromatic nitrogens is 1. The van der Waals surface area contributed by atoms with Crippen molar-refractivity contribution >= 4 is 11.5 Å². The monoisotopic (exact) mass is 212 g/mol. The Hall–Kier alpha value is -0.410. The van der Waals surface area contributed by atoms with Gasteiger partial charge in [0.2, 0.25) is 0 Å². The van der Waals surface area contributed by atoms with Gasteiger partial charge in [-0.25, -0.2) is 0 Å². The summed E-state index contributed by atoms with van der Waals surface area (Å²) < 4.78 is 4.47. The predicted molar refractivity (Wildman–Crippen MR) is 62.8 cm³/mol. The summed E-state index contributed by atoms with van der Waals surface area (Å²) in [5.41, 5.74) is 8.26. The summed E-state index contributed by atoms with van der Waals surface area (Å²) >= 11 is 1.55. The molecular weight excluding hydrogens is 192 g/mol. The minimum Gasteiger partial charge on any atom is -0.321 e. The summed E-state index contributed by atoms with van der Waals surface area (Å²) in [7, 11) is 0. The second kappa shape index (κ2) is 3.31. The molecular formula is C11H20N2S. The Balaban J connectivity index is 3.35. The zero-order chi connectivity index (χ0) is 11.1. The van der Waals surface area contributed by atoms with Gasteiger partial charge in [0.25, 0.3) is 0 Å². The van der Waals surface area contributed by atoms with Gasteiger partial charge in [-0.15, -0.1) is 0 Å². The zero-order valence-electron chi connectivity index (χ0n) is 9.93. The molecule has 0 aliphatic heterocycles. The smallest absolute Gasteiger partial charge is 0.0775 e. The van der Waals surface area contributed by atoms with Gasteiger partial charge >= 0.3 is 0 Å². The second-order valence-corrected chi connectivity index (χ2v) is 6.41. The van der Waals surface area contributed by atoms with E-state index in [1.807, 2.05) is 13.8 Å². The number of rotatable bonds is 1. The molecule has 0 saturated carbocycles. The number of nitrogens with zero attached hydrogens (tertiary/aromatic N) is 1. The van der Waals surface area contributed by atoms with Crippen molar-refractivity contribution in [3.63, 3.8) is 0 Å². The van der Waals surface area contributed by atoms with Gasteiger partial charge in [-0.1, -0.05) is 20.8 Å². The number of nitrogens with two attached hydrogens (primary N) is 1. The molecule has 2 nitrogen and oxygen atoms in total. The van der Waals surface area contributed by atoms with Crippen LogP contribution in [0.1, 0.15) is 50.8 Å². The Bertz CT molecular complexity index is 326. The van der Waals surface area contributed by atoms with E-state index in [0.29, 0.717) is 0 Å². The van der Waals surface area contributed by atoms with E-state index >= 15 is 0 Å². The first kappa shape index (κ1) is 11.7. The number of hydrogen-bond acceptors (Lipinski definition) is 3. The SMILES string of the molecule is Cc1snc(C(C)(C)N)c1C(C)(C)C. The van der Waals surface area contributed by atoms with E-state index in [1.54, 1.807) is 11.5 Å². The summed E-state index contributed by atoms with van der Waals surface area (Å²) in [6.07, 6.45) is 0. The Morgan fingerprint density at radius 2 is 1.64 bits per heavy atom. The third-order valence-corrected chi connectivity index (χ3v) is 2.97. The Morgan fingerprint density at radius 3 is 1.93 bits per heavy atom. The molecule has 0 saturated heterocycles. The highest BCUT2D eigenvalue weighted by Crippen LogP contribution is 2.35. The van der Waals surface area contributed by atoms with Crippen molar-refractivity contribution in [1.29, 1.82) is 0 Å². The van der Waals surface area contributed by atoms with Gasteiger partial charge in [-0.3, -0.25) is 0 Å². The van der Waals surface area contributed by atoms with Gasteiger partial charge in [0.15, 0.2) is 0 Å². The average molecular weight is 212 g/mol. The van der Waals surface area contributed by atoms with Crippen LogP contribution >= 0.6 is 11.5 Å². The Morgan fingerprint density at radius 1 is 1.14 bits per heavy atom. The van der Waals surface area contributed by atoms with Crippen LogP contribution in [0.4, 0.5) is 0 Å². The molecule has 1 heterocycles. The van der Waals surface area contributed by atoms with Crippen molar-refractivity contribution in [2.45, 2.75) is 52.5 Å². The molecule has 0 amide bonds. The molecule has 1 rings (SSSR count). The van der Waals surface area contributed by atoms with Crippen LogP contribution < -0.4 is 5.73 Å². The van der Waals surface area contributed by atoms with E-state index in [0.717, 1.165) is 5.69 Å². The molecule has 0 bridgehead atoms. The molecule has 1 aromatic rings. The molecule has 0 unspecified atom stereocenters. The van der Waals surface area contributed by atoms with Crippen LogP contribution in [0.2, 0.25) is 0 Å². The highest BCUT2D eigenvalue weighted by atomic mass is 32.1. The molecule has 0 aromatic carbocycles. The summed E-state index contributed by atoms with van der Waals surface area (Å²) in [6.45, 7) is 12.8. The van der Waals surface area contributed by atoms with Crippen LogP contribution in [-0.4, -0.2) is 4.37 Å². The summed E-state index contributed by atoms with van der Waals surface area (Å²) in [6, 6.07) is 0. The highest BCUT2D eigenvalue weighted by molar-refractivity contribution is 7.05. The van der Waals surface area contributed by atoms with Crippen LogP contribution in [-0.2, 0) is 11.0 Å². The summed E-state index contributed by atoms with van der Waals surface area (Å²) in [5, 5.41) is 0. The molecule has 80 valence electrons. The summed E-state index contributed by atoms with van der Waals surface area (Å²) in [5.74, 6) is 0. The highest BCUT2D eigenvalue weighted by Gasteiger charge is 2.29. The average Bonchev–Trinajstić information content (AvgIpc) is 2.27. The van der Waals surface area contributed by atoms with Crippen molar-refractivity contribution in [2.75, 3.05) is 0 Å². The molecule has 0 radical (unpaired) electrons. The minimum absolute atomic E-state index is 0.128. The van der Waals surface area contributed by atoms with Crippen molar-refractivity contribution in [3.05, 3.63) is 16.1 Å². The quantitative estimate of drug-likeness (QED) is 0.777. The molecule has 0 spiro atoms. The fourth-order valence-corrected chi connectivity index (χ4v) is 2.74. The van der Waals surface area contributed by atoms with Crippen LogP contribution in [0.3, 0.4) is 0 Å². The first-order valence-corrected chi connectivity index (χ1v) is 5.67. The first-order valence-electron chi connectivity index (χ1n) is 4.90. The minimum atomic E-state index is -0.340. The second-order valence-electron chi connectivity index (χ2n) is 5.43. The van der Waals surface area contributed by atoms with Crippen molar-refractivity contribution < 1.29 is 0 Å². The molecule has 0 atom stereocenters. The third-order valence-electron chi connectivity index (χ3n) is 2.22. The van der Waals surface area contributed by atoms with Crippen LogP contribution in [0.15, 0.2) is 0 Å². The van der Waals surface area contributed by atoms with E-state index in [4.69, 9.17) is 5.73 Å². The lowest BCUT2D eigenvalue weighted by atomic mass is 9.81. The van der Waals surface area contributed by atoms with Crippen molar-refractivity contribution in [2.24, 2.45) is 5.73 Å². The van der Waals surface area contributed by atoms with Crippen molar-refractivity contribution in [3.8, 4) is 0 Å². The van der Waals surface area contributed by atoms with E-state index in [9.17, 15) is 0 Å². The number of aryl methyl sites for hydroxylation is 1. The standard InChI is InChI=1S/C11H20N2S/c1-7-8(10(2,3)4)9(13-14-7)11(5,6)12/h12H2,1-6H3. The number of hydrogen-bond donors (Lipinski definition) is 1. The maximum Gasteiger partial charge on any atom is 0.0775 e. The van der Waals surface area contributed by atoms with Crippen LogP contribution in [0.25, 0.3) is 0 Å². The Kier molecular flexibility index (Phi) is 2.76. The lowest BCUT2D eigenvalue weighted by Crippen LogP contribution is -2.32. The zero-order valence-corrected chi connectivity index (χ0v) is 10.7. The normalized spacial score (nSPS) is 13.4. The van der Waals surface area contributed by atoms with Gasteiger partial charge in [0.1, 0.15) is 0 Å². The van der Waals surface area contributed by atoms with E-state index in [1.165, 1.54) is 10.4 Å². The molecule has 3 heteroatoms. The van der Waals surface area contributed by atoms with Crippen molar-refractivity contribution in [1.82, 2.24) is 4.37 Å². The fraction of sp³-hybridized carbons (Fsp3) is 0.727. The molecule has 0 fully saturated rings. The topological polar surface area (TPSA) is 38.9 Å². The lowest BCUT2D eigenvalue weighted by molar-refractivity contribution is 0.501. The third kappa shape index (κ3) is 2.15. The molecule has 0 aliphatic rings. The van der Waals surface area contributed by atoms with E-state index in [-0.39, 0.29) is 11.0 Å². The maximum atomic E-state index is 6.11. The first-order chi connectivity index (χ1) is 6.14. The van der Waals surface area contributed by atoms with E-state index < -0.39 is 0 Å². The van der Waals surface area contributed by atoms with Crippen LogP contribution in [0.5, 0.6) is 0 Å². The maximum absolute atomic E-state index is 6.11. The van der Waals surface area contributed by atoms with E-state index in [2.05, 4.69) is 32.1 Å². The van der Waals surface area contributed by atoms with Gasteiger partial charge in [0, 0.05) is 4.88 Å². The largest absolute Gasteiger partial charge is 0.321 e. The van der Waals surface area contributed by atoms with Gasteiger partial charge in [0.05, 0.1) is 11.2 Å².